The molecule has 0 saturated heterocycles. The molecule has 0 aromatic rings. The van der Waals surface area contributed by atoms with Crippen molar-refractivity contribution in [2.24, 2.45) is 0 Å². The summed E-state index contributed by atoms with van der Waals surface area (Å²) >= 11 is 0. The van der Waals surface area contributed by atoms with E-state index < -0.39 is 12.6 Å². The minimum atomic E-state index is -1.10. The standard InChI is InChI=1S/C15H29NO7/c1-2-3-4-6-20-8-10-22-11-9-21-7-5-16-14(17)12-23-13-15(18)19/h2-13H2,1H3,(H,16,17)(H,18,19). The highest BCUT2D eigenvalue weighted by Crippen LogP contribution is 1.93. The molecule has 8 heteroatoms. The average Bonchev–Trinajstić information content (AvgIpc) is 2.51. The maximum Gasteiger partial charge on any atom is 0.329 e. The lowest BCUT2D eigenvalue weighted by atomic mass is 10.3. The van der Waals surface area contributed by atoms with Crippen LogP contribution in [0.15, 0.2) is 0 Å². The van der Waals surface area contributed by atoms with E-state index in [2.05, 4.69) is 17.0 Å². The van der Waals surface area contributed by atoms with Crippen LogP contribution in [0.25, 0.3) is 0 Å². The van der Waals surface area contributed by atoms with E-state index in [0.717, 1.165) is 13.0 Å². The lowest BCUT2D eigenvalue weighted by Gasteiger charge is -2.08. The molecule has 136 valence electrons. The van der Waals surface area contributed by atoms with Crippen molar-refractivity contribution in [2.45, 2.75) is 26.2 Å². The van der Waals surface area contributed by atoms with Gasteiger partial charge in [-0.2, -0.15) is 0 Å². The first-order valence-corrected chi connectivity index (χ1v) is 7.96. The van der Waals surface area contributed by atoms with Crippen LogP contribution >= 0.6 is 0 Å². The highest BCUT2D eigenvalue weighted by Gasteiger charge is 2.02. The molecule has 2 N–H and O–H groups in total. The number of carbonyl (C=O) groups is 2. The van der Waals surface area contributed by atoms with Gasteiger partial charge in [0.15, 0.2) is 0 Å². The van der Waals surface area contributed by atoms with E-state index in [4.69, 9.17) is 19.3 Å². The molecular weight excluding hydrogens is 306 g/mol. The molecule has 0 spiro atoms. The second kappa shape index (κ2) is 17.1. The van der Waals surface area contributed by atoms with Crippen LogP contribution in [0.3, 0.4) is 0 Å². The first-order valence-electron chi connectivity index (χ1n) is 7.96. The summed E-state index contributed by atoms with van der Waals surface area (Å²) in [4.78, 5) is 21.4. The van der Waals surface area contributed by atoms with Gasteiger partial charge in [0.05, 0.1) is 33.0 Å². The molecule has 0 aliphatic heterocycles. The number of unbranched alkanes of at least 4 members (excludes halogenated alkanes) is 2. The largest absolute Gasteiger partial charge is 0.480 e. The third kappa shape index (κ3) is 18.7. The molecule has 23 heavy (non-hydrogen) atoms. The summed E-state index contributed by atoms with van der Waals surface area (Å²) in [6.45, 7) is 4.96. The fraction of sp³-hybridized carbons (Fsp3) is 0.867. The number of hydrogen-bond acceptors (Lipinski definition) is 6. The Hall–Kier alpha value is -1.22. The van der Waals surface area contributed by atoms with Gasteiger partial charge in [-0.15, -0.1) is 0 Å². The number of amides is 1. The second-order valence-corrected chi connectivity index (χ2v) is 4.78. The third-order valence-electron chi connectivity index (χ3n) is 2.66. The van der Waals surface area contributed by atoms with Crippen molar-refractivity contribution >= 4 is 11.9 Å². The summed E-state index contributed by atoms with van der Waals surface area (Å²) in [6.07, 6.45) is 3.47. The minimum Gasteiger partial charge on any atom is -0.480 e. The van der Waals surface area contributed by atoms with Crippen LogP contribution in [-0.2, 0) is 28.5 Å². The molecule has 0 aliphatic rings. The third-order valence-corrected chi connectivity index (χ3v) is 2.66. The topological polar surface area (TPSA) is 103 Å². The number of carbonyl (C=O) groups excluding carboxylic acids is 1. The van der Waals surface area contributed by atoms with Crippen LogP contribution in [0.1, 0.15) is 26.2 Å². The van der Waals surface area contributed by atoms with Crippen molar-refractivity contribution in [3.63, 3.8) is 0 Å². The maximum absolute atomic E-state index is 11.2. The zero-order valence-electron chi connectivity index (χ0n) is 13.9. The Morgan fingerprint density at radius 1 is 0.826 bits per heavy atom. The Balaban J connectivity index is 3.12. The molecule has 0 aromatic carbocycles. The molecule has 0 radical (unpaired) electrons. The van der Waals surface area contributed by atoms with Gasteiger partial charge in [-0.1, -0.05) is 19.8 Å². The van der Waals surface area contributed by atoms with E-state index in [1.54, 1.807) is 0 Å². The predicted molar refractivity (Wildman–Crippen MR) is 83.4 cm³/mol. The summed E-state index contributed by atoms with van der Waals surface area (Å²) in [5.41, 5.74) is 0. The smallest absolute Gasteiger partial charge is 0.329 e. The first kappa shape index (κ1) is 21.8. The Morgan fingerprint density at radius 2 is 1.43 bits per heavy atom. The number of carboxylic acids is 1. The molecule has 0 rings (SSSR count). The molecule has 0 saturated carbocycles. The monoisotopic (exact) mass is 335 g/mol. The van der Waals surface area contributed by atoms with Gasteiger partial charge in [0, 0.05) is 13.2 Å². The molecule has 0 bridgehead atoms. The van der Waals surface area contributed by atoms with Crippen LogP contribution in [0.2, 0.25) is 0 Å². The van der Waals surface area contributed by atoms with E-state index >= 15 is 0 Å². The Bertz CT molecular complexity index is 300. The molecule has 0 aliphatic carbocycles. The molecule has 0 fully saturated rings. The van der Waals surface area contributed by atoms with E-state index in [-0.39, 0.29) is 12.5 Å². The lowest BCUT2D eigenvalue weighted by Crippen LogP contribution is -2.31. The van der Waals surface area contributed by atoms with Crippen LogP contribution in [0, 0.1) is 0 Å². The van der Waals surface area contributed by atoms with E-state index in [1.807, 2.05) is 0 Å². The van der Waals surface area contributed by atoms with Gasteiger partial charge < -0.3 is 29.4 Å². The highest BCUT2D eigenvalue weighted by molar-refractivity contribution is 5.77. The van der Waals surface area contributed by atoms with Crippen LogP contribution < -0.4 is 5.32 Å². The van der Waals surface area contributed by atoms with Gasteiger partial charge >= 0.3 is 5.97 Å². The number of rotatable bonds is 17. The lowest BCUT2D eigenvalue weighted by molar-refractivity contribution is -0.143. The first-order chi connectivity index (χ1) is 11.2. The Morgan fingerprint density at radius 3 is 2.04 bits per heavy atom. The van der Waals surface area contributed by atoms with Crippen molar-refractivity contribution in [1.29, 1.82) is 0 Å². The number of ether oxygens (including phenoxy) is 4. The number of hydrogen-bond donors (Lipinski definition) is 2. The van der Waals surface area contributed by atoms with Crippen molar-refractivity contribution in [3.05, 3.63) is 0 Å². The highest BCUT2D eigenvalue weighted by atomic mass is 16.5. The van der Waals surface area contributed by atoms with E-state index in [0.29, 0.717) is 39.6 Å². The van der Waals surface area contributed by atoms with Gasteiger partial charge in [0.1, 0.15) is 13.2 Å². The SMILES string of the molecule is CCCCCOCCOCCOCCNC(=O)COCC(=O)O. The summed E-state index contributed by atoms with van der Waals surface area (Å²) in [7, 11) is 0. The van der Waals surface area contributed by atoms with E-state index in [9.17, 15) is 9.59 Å². The Labute approximate surface area is 137 Å². The number of carboxylic acid groups (broad SMARTS) is 1. The summed E-state index contributed by atoms with van der Waals surface area (Å²) < 4.78 is 20.6. The predicted octanol–water partition coefficient (Wildman–Crippen LogP) is 0.444. The van der Waals surface area contributed by atoms with Gasteiger partial charge in [-0.25, -0.2) is 4.79 Å². The maximum atomic E-state index is 11.2. The minimum absolute atomic E-state index is 0.270. The summed E-state index contributed by atoms with van der Waals surface area (Å²) in [5, 5.41) is 10.9. The van der Waals surface area contributed by atoms with Crippen molar-refractivity contribution < 1.29 is 33.6 Å². The Kier molecular flexibility index (Phi) is 16.2. The molecule has 1 amide bonds. The fourth-order valence-electron chi connectivity index (χ4n) is 1.54. The zero-order chi connectivity index (χ0) is 17.2. The normalized spacial score (nSPS) is 10.7. The van der Waals surface area contributed by atoms with Gasteiger partial charge in [-0.3, -0.25) is 4.79 Å². The van der Waals surface area contributed by atoms with E-state index in [1.165, 1.54) is 12.8 Å². The fourth-order valence-corrected chi connectivity index (χ4v) is 1.54. The van der Waals surface area contributed by atoms with Crippen molar-refractivity contribution in [2.75, 3.05) is 59.4 Å². The van der Waals surface area contributed by atoms with Gasteiger partial charge in [0.2, 0.25) is 5.91 Å². The van der Waals surface area contributed by atoms with Crippen molar-refractivity contribution in [1.82, 2.24) is 5.32 Å². The number of nitrogens with one attached hydrogen (secondary N) is 1. The summed E-state index contributed by atoms with van der Waals surface area (Å²) in [5.74, 6) is -1.47. The molecule has 0 atom stereocenters. The van der Waals surface area contributed by atoms with Crippen LogP contribution in [0.4, 0.5) is 0 Å². The van der Waals surface area contributed by atoms with Gasteiger partial charge in [0.25, 0.3) is 0 Å². The average molecular weight is 335 g/mol. The second-order valence-electron chi connectivity index (χ2n) is 4.78. The van der Waals surface area contributed by atoms with Gasteiger partial charge in [-0.05, 0) is 6.42 Å². The van der Waals surface area contributed by atoms with Crippen LogP contribution in [0.5, 0.6) is 0 Å². The quantitative estimate of drug-likeness (QED) is 0.372. The molecule has 0 heterocycles. The molecule has 0 unspecified atom stereocenters. The molecule has 0 aromatic heterocycles. The van der Waals surface area contributed by atoms with Crippen LogP contribution in [-0.4, -0.2) is 76.4 Å². The molecule has 8 nitrogen and oxygen atoms in total. The molecular formula is C15H29NO7. The zero-order valence-corrected chi connectivity index (χ0v) is 13.9. The van der Waals surface area contributed by atoms with Crippen molar-refractivity contribution in [3.8, 4) is 0 Å². The summed E-state index contributed by atoms with van der Waals surface area (Å²) in [6, 6.07) is 0. The number of aliphatic carboxylic acids is 1.